The molecule has 1 rings (SSSR count). The summed E-state index contributed by atoms with van der Waals surface area (Å²) >= 11 is 8.95. The molecule has 0 spiro atoms. The molecule has 1 heterocycles. The predicted octanol–water partition coefficient (Wildman–Crippen LogP) is 4.07. The van der Waals surface area contributed by atoms with Crippen molar-refractivity contribution in [2.45, 2.75) is 13.3 Å². The second kappa shape index (κ2) is 4.73. The first kappa shape index (κ1) is 9.87. The number of alkyl halides is 1. The van der Waals surface area contributed by atoms with Gasteiger partial charge in [-0.25, -0.2) is 0 Å². The predicted molar refractivity (Wildman–Crippen MR) is 55.4 cm³/mol. The van der Waals surface area contributed by atoms with Gasteiger partial charge in [-0.2, -0.15) is 0 Å². The minimum atomic E-state index is 0.648. The number of furan rings is 1. The van der Waals surface area contributed by atoms with Crippen LogP contribution in [0.2, 0.25) is 0 Å². The summed E-state index contributed by atoms with van der Waals surface area (Å²) in [7, 11) is 0. The van der Waals surface area contributed by atoms with Gasteiger partial charge in [0, 0.05) is 5.88 Å². The first-order chi connectivity index (χ1) is 5.75. The van der Waals surface area contributed by atoms with Gasteiger partial charge in [0.2, 0.25) is 0 Å². The van der Waals surface area contributed by atoms with Crippen molar-refractivity contribution in [2.75, 3.05) is 5.88 Å². The average molecular weight is 250 g/mol. The van der Waals surface area contributed by atoms with E-state index in [0.717, 1.165) is 22.2 Å². The highest BCUT2D eigenvalue weighted by molar-refractivity contribution is 9.10. The summed E-state index contributed by atoms with van der Waals surface area (Å²) in [5, 5.41) is 0. The first-order valence-corrected chi connectivity index (χ1v) is 5.04. The van der Waals surface area contributed by atoms with Crippen molar-refractivity contribution < 1.29 is 4.42 Å². The molecule has 0 aliphatic carbocycles. The van der Waals surface area contributed by atoms with Gasteiger partial charge in [-0.15, -0.1) is 11.6 Å². The first-order valence-electron chi connectivity index (χ1n) is 3.72. The second-order valence-corrected chi connectivity index (χ2v) is 3.69. The van der Waals surface area contributed by atoms with Crippen LogP contribution in [-0.4, -0.2) is 5.88 Å². The molecule has 0 aromatic carbocycles. The highest BCUT2D eigenvalue weighted by Crippen LogP contribution is 2.25. The van der Waals surface area contributed by atoms with E-state index < -0.39 is 0 Å². The minimum Gasteiger partial charge on any atom is -0.464 e. The zero-order valence-electron chi connectivity index (χ0n) is 6.81. The van der Waals surface area contributed by atoms with E-state index in [9.17, 15) is 0 Å². The van der Waals surface area contributed by atoms with Crippen LogP contribution in [0.25, 0.3) is 5.57 Å². The Bertz CT molecular complexity index is 278. The quantitative estimate of drug-likeness (QED) is 0.736. The molecular formula is C9H10BrClO. The molecule has 0 bridgehead atoms. The van der Waals surface area contributed by atoms with Crippen molar-refractivity contribution >= 4 is 33.1 Å². The molecule has 0 aliphatic heterocycles. The molecule has 0 amide bonds. The normalized spacial score (nSPS) is 12.1. The maximum Gasteiger partial charge on any atom is 0.143 e. The van der Waals surface area contributed by atoms with Gasteiger partial charge in [0.25, 0.3) is 0 Å². The Labute approximate surface area is 85.5 Å². The Hall–Kier alpha value is -0.210. The molecule has 0 aliphatic rings. The van der Waals surface area contributed by atoms with Crippen LogP contribution in [0.3, 0.4) is 0 Å². The largest absolute Gasteiger partial charge is 0.464 e. The fraction of sp³-hybridized carbons (Fsp3) is 0.333. The zero-order chi connectivity index (χ0) is 8.97. The highest BCUT2D eigenvalue weighted by Gasteiger charge is 2.03. The van der Waals surface area contributed by atoms with Gasteiger partial charge in [0.15, 0.2) is 0 Å². The summed E-state index contributed by atoms with van der Waals surface area (Å²) in [5.41, 5.74) is 1.12. The molecule has 12 heavy (non-hydrogen) atoms. The van der Waals surface area contributed by atoms with Crippen molar-refractivity contribution in [3.05, 3.63) is 28.6 Å². The molecule has 1 aromatic heterocycles. The van der Waals surface area contributed by atoms with Crippen LogP contribution in [-0.2, 0) is 0 Å². The molecule has 0 saturated heterocycles. The number of hydrogen-bond donors (Lipinski definition) is 0. The van der Waals surface area contributed by atoms with Crippen LogP contribution >= 0.6 is 27.5 Å². The molecule has 0 radical (unpaired) electrons. The lowest BCUT2D eigenvalue weighted by Gasteiger charge is -1.96. The summed E-state index contributed by atoms with van der Waals surface area (Å²) in [6.45, 7) is 2.01. The van der Waals surface area contributed by atoms with Gasteiger partial charge >= 0.3 is 0 Å². The van der Waals surface area contributed by atoms with Crippen LogP contribution in [0, 0.1) is 0 Å². The lowest BCUT2D eigenvalue weighted by Crippen LogP contribution is -1.77. The van der Waals surface area contributed by atoms with E-state index in [-0.39, 0.29) is 0 Å². The molecule has 0 saturated carbocycles. The third-order valence-corrected chi connectivity index (χ3v) is 2.38. The molecular weight excluding hydrogens is 239 g/mol. The number of hydrogen-bond acceptors (Lipinski definition) is 1. The lowest BCUT2D eigenvalue weighted by molar-refractivity contribution is 0.551. The van der Waals surface area contributed by atoms with Crippen LogP contribution in [0.1, 0.15) is 19.1 Å². The maximum atomic E-state index is 5.56. The van der Waals surface area contributed by atoms with Crippen molar-refractivity contribution in [1.29, 1.82) is 0 Å². The Morgan fingerprint density at radius 3 is 3.00 bits per heavy atom. The van der Waals surface area contributed by atoms with Crippen LogP contribution in [0.15, 0.2) is 27.3 Å². The summed E-state index contributed by atoms with van der Waals surface area (Å²) < 4.78 is 6.26. The van der Waals surface area contributed by atoms with E-state index in [1.165, 1.54) is 0 Å². The molecule has 3 heteroatoms. The summed E-state index contributed by atoms with van der Waals surface area (Å²) in [6, 6.07) is 1.88. The van der Waals surface area contributed by atoms with Crippen LogP contribution in [0.5, 0.6) is 0 Å². The SMILES string of the molecule is CC(=CCCCl)c1occc1Br. The Balaban J connectivity index is 2.77. The highest BCUT2D eigenvalue weighted by atomic mass is 79.9. The van der Waals surface area contributed by atoms with E-state index in [2.05, 4.69) is 22.0 Å². The van der Waals surface area contributed by atoms with Gasteiger partial charge in [-0.05, 0) is 40.9 Å². The Morgan fingerprint density at radius 1 is 1.75 bits per heavy atom. The molecule has 0 fully saturated rings. The number of rotatable bonds is 3. The third kappa shape index (κ3) is 2.39. The lowest BCUT2D eigenvalue weighted by atomic mass is 10.2. The van der Waals surface area contributed by atoms with E-state index in [1.807, 2.05) is 13.0 Å². The third-order valence-electron chi connectivity index (χ3n) is 1.53. The minimum absolute atomic E-state index is 0.648. The van der Waals surface area contributed by atoms with E-state index >= 15 is 0 Å². The van der Waals surface area contributed by atoms with Crippen molar-refractivity contribution in [1.82, 2.24) is 0 Å². The molecule has 0 atom stereocenters. The van der Waals surface area contributed by atoms with Gasteiger partial charge in [0.05, 0.1) is 10.7 Å². The molecule has 0 N–H and O–H groups in total. The monoisotopic (exact) mass is 248 g/mol. The number of halogens is 2. The fourth-order valence-electron chi connectivity index (χ4n) is 0.939. The smallest absolute Gasteiger partial charge is 0.143 e. The molecule has 0 unspecified atom stereocenters. The fourth-order valence-corrected chi connectivity index (χ4v) is 1.56. The zero-order valence-corrected chi connectivity index (χ0v) is 9.15. The Kier molecular flexibility index (Phi) is 3.89. The second-order valence-electron chi connectivity index (χ2n) is 2.46. The van der Waals surface area contributed by atoms with Crippen LogP contribution < -0.4 is 0 Å². The maximum absolute atomic E-state index is 5.56. The molecule has 66 valence electrons. The van der Waals surface area contributed by atoms with Gasteiger partial charge in [-0.1, -0.05) is 6.08 Å². The summed E-state index contributed by atoms with van der Waals surface area (Å²) in [4.78, 5) is 0. The van der Waals surface area contributed by atoms with Gasteiger partial charge < -0.3 is 4.42 Å². The molecule has 1 nitrogen and oxygen atoms in total. The average Bonchev–Trinajstić information content (AvgIpc) is 2.47. The van der Waals surface area contributed by atoms with Crippen LogP contribution in [0.4, 0.5) is 0 Å². The van der Waals surface area contributed by atoms with E-state index in [1.54, 1.807) is 6.26 Å². The Morgan fingerprint density at radius 2 is 2.50 bits per heavy atom. The standard InChI is InChI=1S/C9H10BrClO/c1-7(3-2-5-11)9-8(10)4-6-12-9/h3-4,6H,2,5H2,1H3. The topological polar surface area (TPSA) is 13.1 Å². The van der Waals surface area contributed by atoms with Gasteiger partial charge in [-0.3, -0.25) is 0 Å². The summed E-state index contributed by atoms with van der Waals surface area (Å²) in [6.07, 6.45) is 4.61. The van der Waals surface area contributed by atoms with Gasteiger partial charge in [0.1, 0.15) is 5.76 Å². The van der Waals surface area contributed by atoms with E-state index in [0.29, 0.717) is 5.88 Å². The summed E-state index contributed by atoms with van der Waals surface area (Å²) in [5.74, 6) is 1.54. The van der Waals surface area contributed by atoms with Crippen molar-refractivity contribution in [3.63, 3.8) is 0 Å². The molecule has 1 aromatic rings. The van der Waals surface area contributed by atoms with Crippen molar-refractivity contribution in [2.24, 2.45) is 0 Å². The number of allylic oxidation sites excluding steroid dienone is 2. The van der Waals surface area contributed by atoms with Crippen molar-refractivity contribution in [3.8, 4) is 0 Å². The van der Waals surface area contributed by atoms with E-state index in [4.69, 9.17) is 16.0 Å².